The first-order valence-corrected chi connectivity index (χ1v) is 5.55. The lowest BCUT2D eigenvalue weighted by Gasteiger charge is -2.12. The Labute approximate surface area is 87.6 Å². The van der Waals surface area contributed by atoms with Crippen molar-refractivity contribution in [3.05, 3.63) is 0 Å². The van der Waals surface area contributed by atoms with E-state index < -0.39 is 0 Å². The lowest BCUT2D eigenvalue weighted by atomic mass is 10.1. The molecule has 0 radical (unpaired) electrons. The SMILES string of the molecule is CCC(CCNC)NC.O=CC1CC1. The van der Waals surface area contributed by atoms with E-state index in [4.69, 9.17) is 0 Å². The molecule has 84 valence electrons. The fourth-order valence-corrected chi connectivity index (χ4v) is 1.10. The summed E-state index contributed by atoms with van der Waals surface area (Å²) in [6.07, 6.45) is 5.76. The van der Waals surface area contributed by atoms with Crippen LogP contribution >= 0.6 is 0 Å². The number of carbonyl (C=O) groups excluding carboxylic acids is 1. The molecule has 1 unspecified atom stereocenters. The molecule has 0 spiro atoms. The zero-order chi connectivity index (χ0) is 10.8. The molecule has 1 saturated carbocycles. The minimum Gasteiger partial charge on any atom is -0.320 e. The van der Waals surface area contributed by atoms with Gasteiger partial charge in [0.05, 0.1) is 0 Å². The van der Waals surface area contributed by atoms with E-state index in [9.17, 15) is 4.79 Å². The predicted molar refractivity (Wildman–Crippen MR) is 60.5 cm³/mol. The third-order valence-corrected chi connectivity index (χ3v) is 2.46. The molecule has 0 aliphatic heterocycles. The Morgan fingerprint density at radius 1 is 1.43 bits per heavy atom. The van der Waals surface area contributed by atoms with Crippen molar-refractivity contribution in [1.29, 1.82) is 0 Å². The Hall–Kier alpha value is -0.410. The summed E-state index contributed by atoms with van der Waals surface area (Å²) in [5.74, 6) is 0.454. The van der Waals surface area contributed by atoms with Crippen molar-refractivity contribution >= 4 is 6.29 Å². The van der Waals surface area contributed by atoms with E-state index in [-0.39, 0.29) is 0 Å². The van der Waals surface area contributed by atoms with Gasteiger partial charge in [0.15, 0.2) is 0 Å². The highest BCUT2D eigenvalue weighted by Crippen LogP contribution is 2.25. The third kappa shape index (κ3) is 8.20. The second kappa shape index (κ2) is 9.16. The van der Waals surface area contributed by atoms with Crippen LogP contribution in [0.2, 0.25) is 0 Å². The molecule has 1 aliphatic carbocycles. The molecule has 0 saturated heterocycles. The molecular weight excluding hydrogens is 176 g/mol. The minimum atomic E-state index is 0.454. The zero-order valence-corrected chi connectivity index (χ0v) is 9.68. The number of nitrogens with one attached hydrogen (secondary N) is 2. The second-order valence-corrected chi connectivity index (χ2v) is 3.76. The van der Waals surface area contributed by atoms with Crippen LogP contribution in [0.15, 0.2) is 0 Å². The fraction of sp³-hybridized carbons (Fsp3) is 0.909. The Kier molecular flexibility index (Phi) is 8.89. The average molecular weight is 200 g/mol. The van der Waals surface area contributed by atoms with Gasteiger partial charge in [-0.2, -0.15) is 0 Å². The molecule has 2 N–H and O–H groups in total. The molecule has 14 heavy (non-hydrogen) atoms. The third-order valence-electron chi connectivity index (χ3n) is 2.46. The van der Waals surface area contributed by atoms with Gasteiger partial charge in [-0.05, 0) is 46.3 Å². The van der Waals surface area contributed by atoms with Crippen molar-refractivity contribution in [2.45, 2.75) is 38.6 Å². The van der Waals surface area contributed by atoms with Crippen LogP contribution in [0.5, 0.6) is 0 Å². The smallest absolute Gasteiger partial charge is 0.123 e. The van der Waals surface area contributed by atoms with E-state index in [2.05, 4.69) is 17.6 Å². The van der Waals surface area contributed by atoms with E-state index in [0.717, 1.165) is 25.7 Å². The summed E-state index contributed by atoms with van der Waals surface area (Å²) < 4.78 is 0. The zero-order valence-electron chi connectivity index (χ0n) is 9.68. The van der Waals surface area contributed by atoms with Crippen LogP contribution in [0.1, 0.15) is 32.6 Å². The van der Waals surface area contributed by atoms with Crippen LogP contribution < -0.4 is 10.6 Å². The lowest BCUT2D eigenvalue weighted by molar-refractivity contribution is -0.108. The summed E-state index contributed by atoms with van der Waals surface area (Å²) in [4.78, 5) is 9.57. The molecule has 1 aliphatic rings. The number of hydrogen-bond donors (Lipinski definition) is 2. The van der Waals surface area contributed by atoms with Crippen molar-refractivity contribution in [2.24, 2.45) is 5.92 Å². The summed E-state index contributed by atoms with van der Waals surface area (Å²) in [7, 11) is 4.01. The Morgan fingerprint density at radius 2 is 2.07 bits per heavy atom. The normalized spacial score (nSPS) is 16.8. The molecule has 0 bridgehead atoms. The van der Waals surface area contributed by atoms with Crippen molar-refractivity contribution in [2.75, 3.05) is 20.6 Å². The van der Waals surface area contributed by atoms with Crippen LogP contribution in [0.3, 0.4) is 0 Å². The molecular formula is C11H24N2O. The van der Waals surface area contributed by atoms with Gasteiger partial charge in [-0.3, -0.25) is 0 Å². The van der Waals surface area contributed by atoms with Crippen LogP contribution in [0.25, 0.3) is 0 Å². The minimum absolute atomic E-state index is 0.454. The van der Waals surface area contributed by atoms with E-state index in [1.54, 1.807) is 0 Å². The number of aldehydes is 1. The average Bonchev–Trinajstić information content (AvgIpc) is 3.04. The molecule has 1 rings (SSSR count). The molecule has 1 atom stereocenters. The van der Waals surface area contributed by atoms with E-state index in [1.807, 2.05) is 14.1 Å². The molecule has 1 fully saturated rings. The summed E-state index contributed by atoms with van der Waals surface area (Å²) >= 11 is 0. The summed E-state index contributed by atoms with van der Waals surface area (Å²) in [6, 6.07) is 0.692. The number of carbonyl (C=O) groups is 1. The molecule has 0 amide bonds. The van der Waals surface area contributed by atoms with Gasteiger partial charge in [0.25, 0.3) is 0 Å². The van der Waals surface area contributed by atoms with Gasteiger partial charge in [0, 0.05) is 12.0 Å². The maximum absolute atomic E-state index is 9.57. The summed E-state index contributed by atoms with van der Waals surface area (Å²) in [5, 5.41) is 6.37. The molecule has 0 aromatic carbocycles. The van der Waals surface area contributed by atoms with Gasteiger partial charge in [0.2, 0.25) is 0 Å². The first-order valence-electron chi connectivity index (χ1n) is 5.55. The molecule has 0 aromatic rings. The summed E-state index contributed by atoms with van der Waals surface area (Å²) in [6.45, 7) is 3.32. The Bertz CT molecular complexity index is 131. The molecule has 0 aromatic heterocycles. The van der Waals surface area contributed by atoms with Crippen LogP contribution in [-0.4, -0.2) is 33.0 Å². The van der Waals surface area contributed by atoms with Gasteiger partial charge in [-0.1, -0.05) is 6.92 Å². The van der Waals surface area contributed by atoms with Crippen molar-refractivity contribution in [3.63, 3.8) is 0 Å². The highest BCUT2D eigenvalue weighted by molar-refractivity contribution is 5.56. The highest BCUT2D eigenvalue weighted by atomic mass is 16.1. The van der Waals surface area contributed by atoms with Gasteiger partial charge >= 0.3 is 0 Å². The largest absolute Gasteiger partial charge is 0.320 e. The first kappa shape index (κ1) is 13.6. The van der Waals surface area contributed by atoms with Crippen molar-refractivity contribution in [1.82, 2.24) is 10.6 Å². The second-order valence-electron chi connectivity index (χ2n) is 3.76. The van der Waals surface area contributed by atoms with Gasteiger partial charge in [-0.15, -0.1) is 0 Å². The standard InChI is InChI=1S/C7H18N2.C4H6O/c1-4-7(9-3)5-6-8-2;5-3-4-1-2-4/h7-9H,4-6H2,1-3H3;3-4H,1-2H2. The number of rotatable bonds is 6. The first-order chi connectivity index (χ1) is 6.78. The quantitative estimate of drug-likeness (QED) is 0.633. The van der Waals surface area contributed by atoms with Crippen LogP contribution in [-0.2, 0) is 4.79 Å². The van der Waals surface area contributed by atoms with Gasteiger partial charge in [-0.25, -0.2) is 0 Å². The molecule has 3 heteroatoms. The predicted octanol–water partition coefficient (Wildman–Crippen LogP) is 1.19. The Balaban J connectivity index is 0.000000280. The van der Waals surface area contributed by atoms with E-state index in [1.165, 1.54) is 12.8 Å². The number of hydrogen-bond acceptors (Lipinski definition) is 3. The van der Waals surface area contributed by atoms with Crippen LogP contribution in [0.4, 0.5) is 0 Å². The topological polar surface area (TPSA) is 41.1 Å². The monoisotopic (exact) mass is 200 g/mol. The van der Waals surface area contributed by atoms with E-state index in [0.29, 0.717) is 12.0 Å². The summed E-state index contributed by atoms with van der Waals surface area (Å²) in [5.41, 5.74) is 0. The molecule has 0 heterocycles. The van der Waals surface area contributed by atoms with Crippen molar-refractivity contribution in [3.8, 4) is 0 Å². The highest BCUT2D eigenvalue weighted by Gasteiger charge is 2.18. The van der Waals surface area contributed by atoms with Gasteiger partial charge < -0.3 is 15.4 Å². The fourth-order valence-electron chi connectivity index (χ4n) is 1.10. The van der Waals surface area contributed by atoms with Gasteiger partial charge in [0.1, 0.15) is 6.29 Å². The molecule has 3 nitrogen and oxygen atoms in total. The maximum Gasteiger partial charge on any atom is 0.123 e. The Morgan fingerprint density at radius 3 is 2.29 bits per heavy atom. The van der Waals surface area contributed by atoms with Crippen LogP contribution in [0, 0.1) is 5.92 Å². The van der Waals surface area contributed by atoms with Crippen molar-refractivity contribution < 1.29 is 4.79 Å². The maximum atomic E-state index is 9.57. The van der Waals surface area contributed by atoms with E-state index >= 15 is 0 Å². The lowest BCUT2D eigenvalue weighted by Crippen LogP contribution is -2.27.